The number of nitrogens with one attached hydrogen (secondary N) is 2. The van der Waals surface area contributed by atoms with Gasteiger partial charge in [0.05, 0.1) is 17.7 Å². The van der Waals surface area contributed by atoms with E-state index < -0.39 is 0 Å². The summed E-state index contributed by atoms with van der Waals surface area (Å²) in [5.74, 6) is 0.727. The number of nitrogens with zero attached hydrogens (tertiary/aromatic N) is 2. The van der Waals surface area contributed by atoms with Gasteiger partial charge in [-0.25, -0.2) is 9.78 Å². The first-order chi connectivity index (χ1) is 14.6. The summed E-state index contributed by atoms with van der Waals surface area (Å²) < 4.78 is 5.14. The zero-order chi connectivity index (χ0) is 20.9. The zero-order valence-electron chi connectivity index (χ0n) is 16.5. The topological polar surface area (TPSA) is 76.1 Å². The summed E-state index contributed by atoms with van der Waals surface area (Å²) in [4.78, 5) is 22.3. The molecule has 150 valence electrons. The van der Waals surface area contributed by atoms with Crippen LogP contribution in [-0.4, -0.2) is 23.1 Å². The molecular weight excluding hydrogens is 396 g/mol. The van der Waals surface area contributed by atoms with Gasteiger partial charge in [-0.05, 0) is 55.0 Å². The molecule has 2 aromatic heterocycles. The molecule has 0 aliphatic heterocycles. The van der Waals surface area contributed by atoms with Crippen molar-refractivity contribution in [3.8, 4) is 27.4 Å². The fourth-order valence-corrected chi connectivity index (χ4v) is 3.98. The van der Waals surface area contributed by atoms with Crippen molar-refractivity contribution < 1.29 is 9.53 Å². The van der Waals surface area contributed by atoms with Gasteiger partial charge < -0.3 is 10.1 Å². The van der Waals surface area contributed by atoms with Crippen LogP contribution in [0.25, 0.3) is 21.7 Å². The summed E-state index contributed by atoms with van der Waals surface area (Å²) in [6, 6.07) is 18.8. The van der Waals surface area contributed by atoms with E-state index in [1.807, 2.05) is 37.3 Å². The Morgan fingerprint density at radius 2 is 1.73 bits per heavy atom. The van der Waals surface area contributed by atoms with Crippen LogP contribution in [0.1, 0.15) is 5.56 Å². The molecule has 4 aromatic rings. The highest BCUT2D eigenvalue weighted by Crippen LogP contribution is 2.39. The van der Waals surface area contributed by atoms with Gasteiger partial charge in [-0.1, -0.05) is 35.1 Å². The van der Waals surface area contributed by atoms with Crippen LogP contribution in [0, 0.1) is 6.92 Å². The number of pyridine rings is 1. The number of thiazole rings is 1. The van der Waals surface area contributed by atoms with Crippen molar-refractivity contribution in [1.82, 2.24) is 9.97 Å². The number of aryl methyl sites for hydroxylation is 1. The van der Waals surface area contributed by atoms with E-state index >= 15 is 0 Å². The maximum absolute atomic E-state index is 12.5. The fraction of sp³-hybridized carbons (Fsp3) is 0.0870. The first-order valence-corrected chi connectivity index (χ1v) is 10.1. The van der Waals surface area contributed by atoms with Crippen LogP contribution in [0.2, 0.25) is 0 Å². The lowest BCUT2D eigenvalue weighted by Gasteiger charge is -2.06. The molecule has 7 heteroatoms. The second kappa shape index (κ2) is 8.75. The Hall–Kier alpha value is -3.71. The van der Waals surface area contributed by atoms with Crippen LogP contribution in [0.3, 0.4) is 0 Å². The number of ether oxygens (including phenoxy) is 1. The first kappa shape index (κ1) is 19.6. The molecule has 4 rings (SSSR count). The van der Waals surface area contributed by atoms with Gasteiger partial charge in [0.1, 0.15) is 5.75 Å². The van der Waals surface area contributed by atoms with E-state index in [4.69, 9.17) is 9.72 Å². The molecule has 2 amide bonds. The molecule has 0 aliphatic rings. The number of carbonyl (C=O) groups excluding carboxylic acids is 1. The van der Waals surface area contributed by atoms with Gasteiger partial charge in [0.15, 0.2) is 5.13 Å². The number of methoxy groups -OCH3 is 1. The first-order valence-electron chi connectivity index (χ1n) is 9.33. The van der Waals surface area contributed by atoms with Gasteiger partial charge in [0, 0.05) is 23.6 Å². The number of hydrogen-bond acceptors (Lipinski definition) is 5. The Balaban J connectivity index is 1.61. The Kier molecular flexibility index (Phi) is 5.72. The fourth-order valence-electron chi connectivity index (χ4n) is 2.99. The van der Waals surface area contributed by atoms with Gasteiger partial charge in [-0.3, -0.25) is 10.3 Å². The molecular formula is C23H20N4O2S. The minimum atomic E-state index is -0.356. The van der Waals surface area contributed by atoms with E-state index in [1.54, 1.807) is 43.8 Å². The maximum atomic E-state index is 12.5. The number of rotatable bonds is 5. The molecule has 0 spiro atoms. The minimum Gasteiger partial charge on any atom is -0.497 e. The third-order valence-corrected chi connectivity index (χ3v) is 5.45. The Bertz CT molecular complexity index is 1160. The molecule has 0 atom stereocenters. The molecule has 2 N–H and O–H groups in total. The Labute approximate surface area is 178 Å². The molecule has 2 aromatic carbocycles. The normalized spacial score (nSPS) is 10.5. The van der Waals surface area contributed by atoms with E-state index in [0.717, 1.165) is 33.0 Å². The number of hydrogen-bond donors (Lipinski definition) is 2. The van der Waals surface area contributed by atoms with Crippen molar-refractivity contribution in [2.24, 2.45) is 0 Å². The summed E-state index contributed by atoms with van der Waals surface area (Å²) >= 11 is 1.43. The molecule has 0 unspecified atom stereocenters. The lowest BCUT2D eigenvalue weighted by Crippen LogP contribution is -2.19. The predicted octanol–water partition coefficient (Wildman–Crippen LogP) is 5.83. The van der Waals surface area contributed by atoms with E-state index in [0.29, 0.717) is 10.8 Å². The summed E-state index contributed by atoms with van der Waals surface area (Å²) in [7, 11) is 1.60. The summed E-state index contributed by atoms with van der Waals surface area (Å²) in [6.45, 7) is 2.05. The quantitative estimate of drug-likeness (QED) is 0.429. The van der Waals surface area contributed by atoms with Crippen LogP contribution < -0.4 is 15.4 Å². The minimum absolute atomic E-state index is 0.356. The number of anilines is 2. The molecule has 0 radical (unpaired) electrons. The monoisotopic (exact) mass is 416 g/mol. The molecule has 0 saturated carbocycles. The lowest BCUT2D eigenvalue weighted by molar-refractivity contribution is 0.262. The second-order valence-electron chi connectivity index (χ2n) is 6.61. The zero-order valence-corrected chi connectivity index (χ0v) is 17.4. The highest BCUT2D eigenvalue weighted by Gasteiger charge is 2.16. The van der Waals surface area contributed by atoms with Gasteiger partial charge in [-0.15, -0.1) is 0 Å². The summed E-state index contributed by atoms with van der Waals surface area (Å²) in [5, 5.41) is 6.17. The van der Waals surface area contributed by atoms with E-state index in [2.05, 4.69) is 21.7 Å². The van der Waals surface area contributed by atoms with Crippen LogP contribution in [0.15, 0.2) is 73.1 Å². The van der Waals surface area contributed by atoms with E-state index in [9.17, 15) is 4.79 Å². The SMILES string of the molecule is COc1ccc(NC(=O)Nc2nc(-c3cccc(C)c3)c(-c3ccncc3)s2)cc1. The number of amides is 2. The van der Waals surface area contributed by atoms with Gasteiger partial charge in [-0.2, -0.15) is 0 Å². The summed E-state index contributed by atoms with van der Waals surface area (Å²) in [6.07, 6.45) is 3.50. The van der Waals surface area contributed by atoms with Gasteiger partial charge in [0.2, 0.25) is 0 Å². The third-order valence-electron chi connectivity index (χ3n) is 4.43. The smallest absolute Gasteiger partial charge is 0.325 e. The predicted molar refractivity (Wildman–Crippen MR) is 121 cm³/mol. The van der Waals surface area contributed by atoms with Gasteiger partial charge >= 0.3 is 6.03 Å². The molecule has 0 aliphatic carbocycles. The van der Waals surface area contributed by atoms with Crippen molar-refractivity contribution in [3.05, 3.63) is 78.6 Å². The standard InChI is InChI=1S/C23H20N4O2S/c1-15-4-3-5-17(14-15)20-21(16-10-12-24-13-11-16)30-23(26-20)27-22(28)25-18-6-8-19(29-2)9-7-18/h3-14H,1-2H3,(H2,25,26,27,28). The third kappa shape index (κ3) is 4.47. The molecule has 30 heavy (non-hydrogen) atoms. The molecule has 0 saturated heterocycles. The number of urea groups is 1. The van der Waals surface area contributed by atoms with Crippen LogP contribution in [-0.2, 0) is 0 Å². The molecule has 6 nitrogen and oxygen atoms in total. The van der Waals surface area contributed by atoms with Crippen molar-refractivity contribution >= 4 is 28.2 Å². The van der Waals surface area contributed by atoms with Crippen molar-refractivity contribution in [2.75, 3.05) is 17.7 Å². The maximum Gasteiger partial charge on any atom is 0.325 e. The Morgan fingerprint density at radius 1 is 0.967 bits per heavy atom. The van der Waals surface area contributed by atoms with Crippen molar-refractivity contribution in [2.45, 2.75) is 6.92 Å². The largest absolute Gasteiger partial charge is 0.497 e. The number of carbonyl (C=O) groups is 1. The van der Waals surface area contributed by atoms with E-state index in [-0.39, 0.29) is 6.03 Å². The van der Waals surface area contributed by atoms with Crippen LogP contribution in [0.5, 0.6) is 5.75 Å². The van der Waals surface area contributed by atoms with Crippen molar-refractivity contribution in [3.63, 3.8) is 0 Å². The number of aromatic nitrogens is 2. The highest BCUT2D eigenvalue weighted by atomic mass is 32.1. The molecule has 0 bridgehead atoms. The average molecular weight is 417 g/mol. The molecule has 0 fully saturated rings. The van der Waals surface area contributed by atoms with Crippen LogP contribution in [0.4, 0.5) is 15.6 Å². The van der Waals surface area contributed by atoms with Crippen LogP contribution >= 0.6 is 11.3 Å². The number of benzene rings is 2. The summed E-state index contributed by atoms with van der Waals surface area (Å²) in [5.41, 5.74) is 4.64. The van der Waals surface area contributed by atoms with E-state index in [1.165, 1.54) is 11.3 Å². The average Bonchev–Trinajstić information content (AvgIpc) is 3.18. The molecule has 2 heterocycles. The Morgan fingerprint density at radius 3 is 2.43 bits per heavy atom. The van der Waals surface area contributed by atoms with Gasteiger partial charge in [0.25, 0.3) is 0 Å². The second-order valence-corrected chi connectivity index (χ2v) is 7.61. The van der Waals surface area contributed by atoms with Crippen molar-refractivity contribution in [1.29, 1.82) is 0 Å². The lowest BCUT2D eigenvalue weighted by atomic mass is 10.1. The highest BCUT2D eigenvalue weighted by molar-refractivity contribution is 7.19.